The normalized spacial score (nSPS) is 10.4. The van der Waals surface area contributed by atoms with E-state index < -0.39 is 0 Å². The second-order valence-corrected chi connectivity index (χ2v) is 3.51. The van der Waals surface area contributed by atoms with Gasteiger partial charge in [0.15, 0.2) is 0 Å². The van der Waals surface area contributed by atoms with E-state index >= 15 is 0 Å². The average molecular weight is 194 g/mol. The summed E-state index contributed by atoms with van der Waals surface area (Å²) >= 11 is 0. The van der Waals surface area contributed by atoms with Crippen LogP contribution in [0.1, 0.15) is 31.2 Å². The summed E-state index contributed by atoms with van der Waals surface area (Å²) in [5.41, 5.74) is 6.57. The summed E-state index contributed by atoms with van der Waals surface area (Å²) in [6, 6.07) is 3.47. The molecule has 3 nitrogen and oxygen atoms in total. The highest BCUT2D eigenvalue weighted by Gasteiger charge is 1.93. The number of nitrogens with one attached hydrogen (secondary N) is 1. The van der Waals surface area contributed by atoms with Gasteiger partial charge in [0.25, 0.3) is 0 Å². The largest absolute Gasteiger partial charge is 0.330 e. The first-order valence-electron chi connectivity index (χ1n) is 5.20. The van der Waals surface area contributed by atoms with Crippen LogP contribution in [0.3, 0.4) is 0 Å². The molecule has 0 aliphatic rings. The van der Waals surface area contributed by atoms with Crippen molar-refractivity contribution in [2.45, 2.75) is 32.1 Å². The van der Waals surface area contributed by atoms with Crippen molar-refractivity contribution in [3.05, 3.63) is 34.2 Å². The highest BCUT2D eigenvalue weighted by Crippen LogP contribution is 2.05. The number of aromatic nitrogens is 1. The molecule has 0 atom stereocenters. The summed E-state index contributed by atoms with van der Waals surface area (Å²) < 4.78 is 0. The van der Waals surface area contributed by atoms with Crippen molar-refractivity contribution in [3.63, 3.8) is 0 Å². The van der Waals surface area contributed by atoms with Gasteiger partial charge in [-0.1, -0.05) is 18.9 Å². The zero-order chi connectivity index (χ0) is 10.2. The minimum atomic E-state index is -0.0307. The summed E-state index contributed by atoms with van der Waals surface area (Å²) in [5, 5.41) is 0. The first-order valence-corrected chi connectivity index (χ1v) is 5.20. The van der Waals surface area contributed by atoms with E-state index in [4.69, 9.17) is 5.73 Å². The van der Waals surface area contributed by atoms with Gasteiger partial charge in [0.2, 0.25) is 5.56 Å². The quantitative estimate of drug-likeness (QED) is 0.673. The van der Waals surface area contributed by atoms with E-state index in [2.05, 4.69) is 4.98 Å². The third kappa shape index (κ3) is 4.23. The summed E-state index contributed by atoms with van der Waals surface area (Å²) in [6.07, 6.45) is 7.56. The fraction of sp³-hybridized carbons (Fsp3) is 0.545. The molecule has 0 amide bonds. The Hall–Kier alpha value is -1.09. The Labute approximate surface area is 84.3 Å². The summed E-state index contributed by atoms with van der Waals surface area (Å²) in [7, 11) is 0. The van der Waals surface area contributed by atoms with E-state index in [0.29, 0.717) is 0 Å². The summed E-state index contributed by atoms with van der Waals surface area (Å²) in [4.78, 5) is 13.4. The molecule has 0 aromatic carbocycles. The number of pyridine rings is 1. The van der Waals surface area contributed by atoms with Gasteiger partial charge in [-0.2, -0.15) is 0 Å². The molecule has 1 heterocycles. The molecule has 14 heavy (non-hydrogen) atoms. The molecule has 1 aromatic heterocycles. The zero-order valence-corrected chi connectivity index (χ0v) is 8.46. The number of aryl methyl sites for hydroxylation is 1. The van der Waals surface area contributed by atoms with Crippen molar-refractivity contribution in [1.29, 1.82) is 0 Å². The minimum Gasteiger partial charge on any atom is -0.330 e. The maximum Gasteiger partial charge on any atom is 0.247 e. The predicted molar refractivity (Wildman–Crippen MR) is 58.3 cm³/mol. The van der Waals surface area contributed by atoms with Crippen molar-refractivity contribution < 1.29 is 0 Å². The molecule has 0 bridgehead atoms. The first-order chi connectivity index (χ1) is 6.83. The van der Waals surface area contributed by atoms with Crippen LogP contribution in [0.5, 0.6) is 0 Å². The Bertz CT molecular complexity index is 286. The van der Waals surface area contributed by atoms with Crippen LogP contribution < -0.4 is 11.3 Å². The lowest BCUT2D eigenvalue weighted by molar-refractivity contribution is 0.646. The Kier molecular flexibility index (Phi) is 5.00. The maximum atomic E-state index is 10.8. The van der Waals surface area contributed by atoms with Gasteiger partial charge in [-0.15, -0.1) is 0 Å². The Balaban J connectivity index is 2.18. The standard InChI is InChI=1S/C11H18N2O/c12-8-4-2-1-3-5-10-6-7-11(14)13-9-10/h6-7,9H,1-5,8,12H2,(H,13,14). The molecular weight excluding hydrogens is 176 g/mol. The van der Waals surface area contributed by atoms with E-state index in [1.54, 1.807) is 12.3 Å². The molecule has 0 aliphatic carbocycles. The predicted octanol–water partition coefficient (Wildman–Crippen LogP) is 1.44. The van der Waals surface area contributed by atoms with Crippen molar-refractivity contribution >= 4 is 0 Å². The van der Waals surface area contributed by atoms with Gasteiger partial charge >= 0.3 is 0 Å². The highest BCUT2D eigenvalue weighted by molar-refractivity contribution is 5.08. The molecule has 3 heteroatoms. The smallest absolute Gasteiger partial charge is 0.247 e. The van der Waals surface area contributed by atoms with Crippen molar-refractivity contribution in [3.8, 4) is 0 Å². The fourth-order valence-corrected chi connectivity index (χ4v) is 1.43. The maximum absolute atomic E-state index is 10.8. The fourth-order valence-electron chi connectivity index (χ4n) is 1.43. The average Bonchev–Trinajstić information content (AvgIpc) is 2.21. The Morgan fingerprint density at radius 1 is 1.14 bits per heavy atom. The lowest BCUT2D eigenvalue weighted by Gasteiger charge is -2.00. The molecule has 1 rings (SSSR count). The van der Waals surface area contributed by atoms with Crippen LogP contribution in [-0.2, 0) is 6.42 Å². The molecule has 0 spiro atoms. The third-order valence-corrected chi connectivity index (χ3v) is 2.27. The molecule has 3 N–H and O–H groups in total. The van der Waals surface area contributed by atoms with E-state index in [-0.39, 0.29) is 5.56 Å². The highest BCUT2D eigenvalue weighted by atomic mass is 16.1. The first kappa shape index (κ1) is 11.0. The van der Waals surface area contributed by atoms with Crippen LogP contribution >= 0.6 is 0 Å². The van der Waals surface area contributed by atoms with Gasteiger partial charge in [0.05, 0.1) is 0 Å². The molecule has 78 valence electrons. The van der Waals surface area contributed by atoms with Crippen molar-refractivity contribution in [2.24, 2.45) is 5.73 Å². The number of aromatic amines is 1. The third-order valence-electron chi connectivity index (χ3n) is 2.27. The number of hydrogen-bond acceptors (Lipinski definition) is 2. The van der Waals surface area contributed by atoms with Crippen LogP contribution in [0.2, 0.25) is 0 Å². The van der Waals surface area contributed by atoms with Crippen LogP contribution in [0.25, 0.3) is 0 Å². The van der Waals surface area contributed by atoms with E-state index in [9.17, 15) is 4.79 Å². The van der Waals surface area contributed by atoms with Gasteiger partial charge in [0.1, 0.15) is 0 Å². The van der Waals surface area contributed by atoms with Crippen LogP contribution in [0.4, 0.5) is 0 Å². The van der Waals surface area contributed by atoms with Crippen molar-refractivity contribution in [1.82, 2.24) is 4.98 Å². The number of rotatable bonds is 6. The minimum absolute atomic E-state index is 0.0307. The molecule has 0 unspecified atom stereocenters. The van der Waals surface area contributed by atoms with E-state index in [1.165, 1.54) is 24.8 Å². The van der Waals surface area contributed by atoms with E-state index in [0.717, 1.165) is 19.4 Å². The molecule has 0 aliphatic heterocycles. The number of unbranched alkanes of at least 4 members (excludes halogenated alkanes) is 3. The van der Waals surface area contributed by atoms with Gasteiger partial charge in [-0.25, -0.2) is 0 Å². The van der Waals surface area contributed by atoms with Crippen LogP contribution in [-0.4, -0.2) is 11.5 Å². The van der Waals surface area contributed by atoms with Crippen LogP contribution in [0, 0.1) is 0 Å². The molecule has 0 saturated carbocycles. The van der Waals surface area contributed by atoms with E-state index in [1.807, 2.05) is 6.07 Å². The van der Waals surface area contributed by atoms with Gasteiger partial charge < -0.3 is 10.7 Å². The summed E-state index contributed by atoms with van der Waals surface area (Å²) in [6.45, 7) is 0.790. The second kappa shape index (κ2) is 6.38. The zero-order valence-electron chi connectivity index (χ0n) is 8.46. The summed E-state index contributed by atoms with van der Waals surface area (Å²) in [5.74, 6) is 0. The molecule has 0 fully saturated rings. The second-order valence-electron chi connectivity index (χ2n) is 3.51. The molecule has 0 radical (unpaired) electrons. The topological polar surface area (TPSA) is 58.9 Å². The molecule has 0 saturated heterocycles. The van der Waals surface area contributed by atoms with Gasteiger partial charge in [-0.05, 0) is 31.4 Å². The van der Waals surface area contributed by atoms with Gasteiger partial charge in [0, 0.05) is 12.3 Å². The lowest BCUT2D eigenvalue weighted by Crippen LogP contribution is -2.03. The molecular formula is C11H18N2O. The lowest BCUT2D eigenvalue weighted by atomic mass is 10.1. The number of nitrogens with two attached hydrogens (primary N) is 1. The SMILES string of the molecule is NCCCCCCc1ccc(=O)[nH]c1. The van der Waals surface area contributed by atoms with Gasteiger partial charge in [-0.3, -0.25) is 4.79 Å². The van der Waals surface area contributed by atoms with Crippen molar-refractivity contribution in [2.75, 3.05) is 6.54 Å². The Morgan fingerprint density at radius 3 is 2.57 bits per heavy atom. The monoisotopic (exact) mass is 194 g/mol. The van der Waals surface area contributed by atoms with Crippen LogP contribution in [0.15, 0.2) is 23.1 Å². The Morgan fingerprint density at radius 2 is 1.93 bits per heavy atom. The molecule has 1 aromatic rings. The number of hydrogen-bond donors (Lipinski definition) is 2. The number of H-pyrrole nitrogens is 1.